The molecule has 2 heterocycles. The Bertz CT molecular complexity index is 884. The van der Waals surface area contributed by atoms with Crippen LogP contribution in [0, 0.1) is 6.92 Å². The van der Waals surface area contributed by atoms with Crippen LogP contribution in [0.3, 0.4) is 0 Å². The maximum Gasteiger partial charge on any atom is 0.249 e. The van der Waals surface area contributed by atoms with Crippen molar-refractivity contribution in [2.24, 2.45) is 0 Å². The Labute approximate surface area is 182 Å². The molecule has 1 fully saturated rings. The molecule has 2 aromatic rings. The average Bonchev–Trinajstić information content (AvgIpc) is 3.31. The summed E-state index contributed by atoms with van der Waals surface area (Å²) in [6, 6.07) is 9.74. The van der Waals surface area contributed by atoms with E-state index in [0.717, 1.165) is 24.0 Å². The highest BCUT2D eigenvalue weighted by Crippen LogP contribution is 2.24. The van der Waals surface area contributed by atoms with E-state index in [4.69, 9.17) is 4.74 Å². The van der Waals surface area contributed by atoms with Crippen molar-refractivity contribution in [3.63, 3.8) is 0 Å². The van der Waals surface area contributed by atoms with Gasteiger partial charge in [-0.05, 0) is 19.8 Å². The molecule has 1 aromatic heterocycles. The summed E-state index contributed by atoms with van der Waals surface area (Å²) in [4.78, 5) is 32.5. The van der Waals surface area contributed by atoms with Crippen LogP contribution < -0.4 is 21.3 Å². The second kappa shape index (κ2) is 11.3. The van der Waals surface area contributed by atoms with Gasteiger partial charge in [-0.1, -0.05) is 30.3 Å². The van der Waals surface area contributed by atoms with Gasteiger partial charge < -0.3 is 26.0 Å². The van der Waals surface area contributed by atoms with E-state index in [2.05, 4.69) is 31.2 Å². The van der Waals surface area contributed by atoms with Crippen molar-refractivity contribution in [1.29, 1.82) is 0 Å². The minimum atomic E-state index is -0.329. The molecule has 0 aliphatic carbocycles. The minimum absolute atomic E-state index is 0.0657. The molecule has 4 N–H and O–H groups in total. The van der Waals surface area contributed by atoms with Crippen molar-refractivity contribution in [3.8, 4) is 11.4 Å². The predicted octanol–water partition coefficient (Wildman–Crippen LogP) is 1.71. The second-order valence-corrected chi connectivity index (χ2v) is 7.36. The summed E-state index contributed by atoms with van der Waals surface area (Å²) < 4.78 is 5.40. The van der Waals surface area contributed by atoms with Crippen LogP contribution >= 0.6 is 0 Å². The molecule has 1 unspecified atom stereocenters. The van der Waals surface area contributed by atoms with Crippen molar-refractivity contribution in [2.45, 2.75) is 32.8 Å². The maximum absolute atomic E-state index is 12.1. The average molecular weight is 427 g/mol. The molecule has 9 heteroatoms. The van der Waals surface area contributed by atoms with Crippen molar-refractivity contribution in [1.82, 2.24) is 20.6 Å². The first-order valence-corrected chi connectivity index (χ1v) is 10.6. The highest BCUT2D eigenvalue weighted by Gasteiger charge is 2.22. The molecule has 1 saturated heterocycles. The summed E-state index contributed by atoms with van der Waals surface area (Å²) in [5.41, 5.74) is 1.77. The van der Waals surface area contributed by atoms with Gasteiger partial charge in [0.2, 0.25) is 11.8 Å². The molecular formula is C22H30N6O3. The normalized spacial score (nSPS) is 15.4. The third kappa shape index (κ3) is 6.65. The van der Waals surface area contributed by atoms with Crippen LogP contribution in [0.1, 0.15) is 25.3 Å². The lowest BCUT2D eigenvalue weighted by molar-refractivity contribution is -0.129. The molecular weight excluding hydrogens is 396 g/mol. The zero-order chi connectivity index (χ0) is 22.1. The molecule has 166 valence electrons. The van der Waals surface area contributed by atoms with Gasteiger partial charge in [0.25, 0.3) is 0 Å². The number of benzene rings is 1. The van der Waals surface area contributed by atoms with Crippen molar-refractivity contribution in [2.75, 3.05) is 43.4 Å². The van der Waals surface area contributed by atoms with E-state index in [-0.39, 0.29) is 17.9 Å². The molecule has 1 atom stereocenters. The Morgan fingerprint density at radius 3 is 2.23 bits per heavy atom. The lowest BCUT2D eigenvalue weighted by atomic mass is 10.2. The van der Waals surface area contributed by atoms with E-state index in [9.17, 15) is 9.59 Å². The smallest absolute Gasteiger partial charge is 0.249 e. The highest BCUT2D eigenvalue weighted by molar-refractivity contribution is 5.81. The van der Waals surface area contributed by atoms with E-state index < -0.39 is 0 Å². The van der Waals surface area contributed by atoms with Crippen molar-refractivity contribution in [3.05, 3.63) is 35.9 Å². The number of hydrogen-bond donors (Lipinski definition) is 4. The number of carbonyl (C=O) groups is 2. The molecule has 1 aliphatic heterocycles. The summed E-state index contributed by atoms with van der Waals surface area (Å²) in [5, 5.41) is 12.2. The molecule has 9 nitrogen and oxygen atoms in total. The summed E-state index contributed by atoms with van der Waals surface area (Å²) in [6.07, 6.45) is 1.37. The van der Waals surface area contributed by atoms with Crippen LogP contribution in [0.15, 0.2) is 30.3 Å². The van der Waals surface area contributed by atoms with E-state index >= 15 is 0 Å². The summed E-state index contributed by atoms with van der Waals surface area (Å²) >= 11 is 0. The number of amides is 2. The number of nitrogens with one attached hydrogen (secondary N) is 4. The lowest BCUT2D eigenvalue weighted by Crippen LogP contribution is -2.36. The Hall–Kier alpha value is -3.20. The summed E-state index contributed by atoms with van der Waals surface area (Å²) in [7, 11) is 0. The molecule has 0 spiro atoms. The molecule has 3 rings (SSSR count). The van der Waals surface area contributed by atoms with Gasteiger partial charge >= 0.3 is 0 Å². The second-order valence-electron chi connectivity index (χ2n) is 7.36. The van der Waals surface area contributed by atoms with E-state index in [1.54, 1.807) is 0 Å². The van der Waals surface area contributed by atoms with Gasteiger partial charge in [0.05, 0.1) is 0 Å². The minimum Gasteiger partial charge on any atom is -0.368 e. The fourth-order valence-corrected chi connectivity index (χ4v) is 3.26. The van der Waals surface area contributed by atoms with E-state index in [1.807, 2.05) is 37.3 Å². The predicted molar refractivity (Wildman–Crippen MR) is 120 cm³/mol. The third-order valence-electron chi connectivity index (χ3n) is 4.91. The molecule has 0 radical (unpaired) electrons. The Balaban J connectivity index is 1.66. The fraction of sp³-hybridized carbons (Fsp3) is 0.455. The number of aromatic nitrogens is 2. The number of carbonyl (C=O) groups excluding carboxylic acids is 2. The SMILES string of the molecule is CC(=O)NCCNc1nc(-c2ccccc2)nc(NCCNC(=O)C2CCCO2)c1C. The molecule has 1 aliphatic rings. The Morgan fingerprint density at radius 1 is 1.00 bits per heavy atom. The fourth-order valence-electron chi connectivity index (χ4n) is 3.26. The van der Waals surface area contributed by atoms with Gasteiger partial charge in [0, 0.05) is 50.8 Å². The topological polar surface area (TPSA) is 117 Å². The third-order valence-corrected chi connectivity index (χ3v) is 4.91. The monoisotopic (exact) mass is 426 g/mol. The quantitative estimate of drug-likeness (QED) is 0.427. The molecule has 0 saturated carbocycles. The number of ether oxygens (including phenoxy) is 1. The first kappa shape index (κ1) is 22.5. The van der Waals surface area contributed by atoms with Gasteiger partial charge in [0.1, 0.15) is 17.7 Å². The molecule has 31 heavy (non-hydrogen) atoms. The van der Waals surface area contributed by atoms with Gasteiger partial charge in [-0.3, -0.25) is 9.59 Å². The first-order chi connectivity index (χ1) is 15.0. The van der Waals surface area contributed by atoms with Crippen LogP contribution in [0.5, 0.6) is 0 Å². The lowest BCUT2D eigenvalue weighted by Gasteiger charge is -2.16. The van der Waals surface area contributed by atoms with Gasteiger partial charge in [-0.25, -0.2) is 9.97 Å². The largest absolute Gasteiger partial charge is 0.368 e. The zero-order valence-electron chi connectivity index (χ0n) is 18.0. The summed E-state index contributed by atoms with van der Waals surface area (Å²) in [5.74, 6) is 1.86. The van der Waals surface area contributed by atoms with Gasteiger partial charge in [-0.15, -0.1) is 0 Å². The highest BCUT2D eigenvalue weighted by atomic mass is 16.5. The zero-order valence-corrected chi connectivity index (χ0v) is 18.0. The van der Waals surface area contributed by atoms with Crippen molar-refractivity contribution < 1.29 is 14.3 Å². The van der Waals surface area contributed by atoms with Crippen LogP contribution in [0.4, 0.5) is 11.6 Å². The van der Waals surface area contributed by atoms with Crippen molar-refractivity contribution >= 4 is 23.5 Å². The van der Waals surface area contributed by atoms with Crippen LogP contribution in [-0.4, -0.2) is 60.7 Å². The summed E-state index contributed by atoms with van der Waals surface area (Å²) in [6.45, 7) is 6.10. The number of hydrogen-bond acceptors (Lipinski definition) is 7. The van der Waals surface area contributed by atoms with Gasteiger partial charge in [-0.2, -0.15) is 0 Å². The van der Waals surface area contributed by atoms with E-state index in [1.165, 1.54) is 6.92 Å². The van der Waals surface area contributed by atoms with Gasteiger partial charge in [0.15, 0.2) is 5.82 Å². The first-order valence-electron chi connectivity index (χ1n) is 10.6. The Morgan fingerprint density at radius 2 is 1.65 bits per heavy atom. The molecule has 0 bridgehead atoms. The Kier molecular flexibility index (Phi) is 8.17. The van der Waals surface area contributed by atoms with Crippen LogP contribution in [-0.2, 0) is 14.3 Å². The number of anilines is 2. The standard InChI is InChI=1S/C22H30N6O3/c1-15-19(24-11-10-23-16(2)29)27-21(17-7-4-3-5-8-17)28-20(15)25-12-13-26-22(30)18-9-6-14-31-18/h3-5,7-8,18H,6,9-14H2,1-2H3,(H,23,29)(H,26,30)(H2,24,25,27,28). The number of rotatable bonds is 10. The van der Waals surface area contributed by atoms with E-state index in [0.29, 0.717) is 50.2 Å². The molecule has 2 amide bonds. The van der Waals surface area contributed by atoms with Crippen LogP contribution in [0.2, 0.25) is 0 Å². The molecule has 1 aromatic carbocycles. The van der Waals surface area contributed by atoms with Crippen LogP contribution in [0.25, 0.3) is 11.4 Å². The maximum atomic E-state index is 12.1. The number of nitrogens with zero attached hydrogens (tertiary/aromatic N) is 2.